The lowest BCUT2D eigenvalue weighted by Gasteiger charge is -2.18. The van der Waals surface area contributed by atoms with Crippen molar-refractivity contribution in [1.29, 1.82) is 0 Å². The zero-order valence-corrected chi connectivity index (χ0v) is 14.9. The Morgan fingerprint density at radius 1 is 0.929 bits per heavy atom. The summed E-state index contributed by atoms with van der Waals surface area (Å²) in [5, 5.41) is 2.61. The van der Waals surface area contributed by atoms with Crippen molar-refractivity contribution < 1.29 is 14.0 Å². The maximum Gasteiger partial charge on any atom is 0.330 e. The summed E-state index contributed by atoms with van der Waals surface area (Å²) >= 11 is 0. The van der Waals surface area contributed by atoms with Gasteiger partial charge in [-0.2, -0.15) is 0 Å². The number of para-hydroxylation sites is 1. The third kappa shape index (κ3) is 3.42. The molecule has 1 aliphatic rings. The fourth-order valence-electron chi connectivity index (χ4n) is 3.06. The van der Waals surface area contributed by atoms with E-state index in [0.717, 1.165) is 5.69 Å². The van der Waals surface area contributed by atoms with Crippen LogP contribution in [0.3, 0.4) is 0 Å². The molecule has 0 atom stereocenters. The summed E-state index contributed by atoms with van der Waals surface area (Å²) < 4.78 is 13.7. The van der Waals surface area contributed by atoms with Crippen LogP contribution in [0.5, 0.6) is 0 Å². The standard InChI is InChI=1S/C21H17FN4O2/c22-18-9-5-4-8-17(18)20(27)24-15-10-11-19(23-14-15)26-13-12-25(21(26)28)16-6-2-1-3-7-16/h1-11,14H,12-13H2,(H,24,27). The summed E-state index contributed by atoms with van der Waals surface area (Å²) in [5.41, 5.74) is 1.21. The van der Waals surface area contributed by atoms with Crippen LogP contribution in [-0.4, -0.2) is 30.0 Å². The maximum absolute atomic E-state index is 13.7. The van der Waals surface area contributed by atoms with Gasteiger partial charge in [-0.05, 0) is 36.4 Å². The number of nitrogens with zero attached hydrogens (tertiary/aromatic N) is 3. The number of benzene rings is 2. The summed E-state index contributed by atoms with van der Waals surface area (Å²) in [6.45, 7) is 1.08. The number of halogens is 1. The van der Waals surface area contributed by atoms with Gasteiger partial charge in [0.25, 0.3) is 5.91 Å². The second kappa shape index (κ2) is 7.48. The SMILES string of the molecule is O=C(Nc1ccc(N2CCN(c3ccccc3)C2=O)nc1)c1ccccc1F. The van der Waals surface area contributed by atoms with E-state index in [9.17, 15) is 14.0 Å². The van der Waals surface area contributed by atoms with Gasteiger partial charge in [0.1, 0.15) is 11.6 Å². The van der Waals surface area contributed by atoms with Crippen molar-refractivity contribution in [3.05, 3.63) is 84.3 Å². The predicted octanol–water partition coefficient (Wildman–Crippen LogP) is 3.92. The molecule has 3 aromatic rings. The van der Waals surface area contributed by atoms with Gasteiger partial charge < -0.3 is 5.32 Å². The molecule has 0 unspecified atom stereocenters. The molecule has 1 aliphatic heterocycles. The Morgan fingerprint density at radius 3 is 2.36 bits per heavy atom. The smallest absolute Gasteiger partial charge is 0.320 e. The van der Waals surface area contributed by atoms with Crippen molar-refractivity contribution in [3.8, 4) is 0 Å². The molecular weight excluding hydrogens is 359 g/mol. The number of aromatic nitrogens is 1. The first-order valence-electron chi connectivity index (χ1n) is 8.79. The van der Waals surface area contributed by atoms with E-state index in [4.69, 9.17) is 0 Å². The number of hydrogen-bond acceptors (Lipinski definition) is 3. The summed E-state index contributed by atoms with van der Waals surface area (Å²) in [7, 11) is 0. The maximum atomic E-state index is 13.7. The third-order valence-corrected chi connectivity index (χ3v) is 4.48. The molecule has 4 rings (SSSR count). The van der Waals surface area contributed by atoms with E-state index in [2.05, 4.69) is 10.3 Å². The van der Waals surface area contributed by atoms with E-state index >= 15 is 0 Å². The molecular formula is C21H17FN4O2. The minimum absolute atomic E-state index is 0.0419. The van der Waals surface area contributed by atoms with Gasteiger partial charge in [0.2, 0.25) is 0 Å². The lowest BCUT2D eigenvalue weighted by Crippen LogP contribution is -2.32. The van der Waals surface area contributed by atoms with Crippen LogP contribution in [-0.2, 0) is 0 Å². The quantitative estimate of drug-likeness (QED) is 0.751. The summed E-state index contributed by atoms with van der Waals surface area (Å²) in [6.07, 6.45) is 1.45. The fourth-order valence-corrected chi connectivity index (χ4v) is 3.06. The van der Waals surface area contributed by atoms with E-state index in [1.807, 2.05) is 30.3 Å². The molecule has 1 aromatic heterocycles. The Labute approximate surface area is 161 Å². The molecule has 28 heavy (non-hydrogen) atoms. The van der Waals surface area contributed by atoms with E-state index in [1.54, 1.807) is 28.0 Å². The second-order valence-electron chi connectivity index (χ2n) is 6.26. The first kappa shape index (κ1) is 17.7. The highest BCUT2D eigenvalue weighted by Gasteiger charge is 2.31. The Kier molecular flexibility index (Phi) is 4.72. The van der Waals surface area contributed by atoms with Gasteiger partial charge in [-0.1, -0.05) is 30.3 Å². The highest BCUT2D eigenvalue weighted by Crippen LogP contribution is 2.24. The Bertz CT molecular complexity index is 1010. The average Bonchev–Trinajstić information content (AvgIpc) is 3.11. The van der Waals surface area contributed by atoms with E-state index in [1.165, 1.54) is 24.4 Å². The molecule has 140 valence electrons. The number of nitrogens with one attached hydrogen (secondary N) is 1. The van der Waals surface area contributed by atoms with Crippen molar-refractivity contribution >= 4 is 29.1 Å². The number of carbonyl (C=O) groups is 2. The van der Waals surface area contributed by atoms with Gasteiger partial charge in [-0.3, -0.25) is 14.6 Å². The molecule has 6 nitrogen and oxygen atoms in total. The average molecular weight is 376 g/mol. The normalized spacial score (nSPS) is 13.7. The second-order valence-corrected chi connectivity index (χ2v) is 6.26. The van der Waals surface area contributed by atoms with Crippen molar-refractivity contribution in [2.24, 2.45) is 0 Å². The summed E-state index contributed by atoms with van der Waals surface area (Å²) in [4.78, 5) is 32.4. The number of hydrogen-bond donors (Lipinski definition) is 1. The Morgan fingerprint density at radius 2 is 1.64 bits per heavy atom. The molecule has 0 spiro atoms. The van der Waals surface area contributed by atoms with Crippen molar-refractivity contribution in [3.63, 3.8) is 0 Å². The number of urea groups is 1. The highest BCUT2D eigenvalue weighted by molar-refractivity contribution is 6.06. The molecule has 0 bridgehead atoms. The Balaban J connectivity index is 1.46. The van der Waals surface area contributed by atoms with Crippen LogP contribution in [0.2, 0.25) is 0 Å². The van der Waals surface area contributed by atoms with Gasteiger partial charge in [0.15, 0.2) is 0 Å². The highest BCUT2D eigenvalue weighted by atomic mass is 19.1. The van der Waals surface area contributed by atoms with Crippen LogP contribution in [0.25, 0.3) is 0 Å². The van der Waals surface area contributed by atoms with Crippen LogP contribution in [0.15, 0.2) is 72.9 Å². The van der Waals surface area contributed by atoms with Gasteiger partial charge in [-0.25, -0.2) is 14.2 Å². The molecule has 1 N–H and O–H groups in total. The molecule has 7 heteroatoms. The van der Waals surface area contributed by atoms with Crippen LogP contribution < -0.4 is 15.1 Å². The van der Waals surface area contributed by atoms with Gasteiger partial charge >= 0.3 is 6.03 Å². The molecule has 1 fully saturated rings. The van der Waals surface area contributed by atoms with Gasteiger partial charge in [-0.15, -0.1) is 0 Å². The van der Waals surface area contributed by atoms with Gasteiger partial charge in [0, 0.05) is 18.8 Å². The topological polar surface area (TPSA) is 65.5 Å². The first-order valence-corrected chi connectivity index (χ1v) is 8.79. The van der Waals surface area contributed by atoms with Crippen molar-refractivity contribution in [2.75, 3.05) is 28.2 Å². The van der Waals surface area contributed by atoms with E-state index < -0.39 is 11.7 Å². The predicted molar refractivity (Wildman–Crippen MR) is 105 cm³/mol. The molecule has 0 aliphatic carbocycles. The molecule has 3 amide bonds. The largest absolute Gasteiger partial charge is 0.330 e. The Hall–Kier alpha value is -3.74. The van der Waals surface area contributed by atoms with Crippen LogP contribution in [0.1, 0.15) is 10.4 Å². The number of anilines is 3. The van der Waals surface area contributed by atoms with E-state index in [0.29, 0.717) is 24.6 Å². The minimum atomic E-state index is -0.590. The zero-order chi connectivity index (χ0) is 19.5. The van der Waals surface area contributed by atoms with E-state index in [-0.39, 0.29) is 11.6 Å². The summed E-state index contributed by atoms with van der Waals surface area (Å²) in [6, 6.07) is 18.3. The molecule has 2 heterocycles. The van der Waals surface area contributed by atoms with Gasteiger partial charge in [0.05, 0.1) is 17.4 Å². The molecule has 2 aromatic carbocycles. The number of pyridine rings is 1. The lowest BCUT2D eigenvalue weighted by molar-refractivity contribution is 0.102. The number of carbonyl (C=O) groups excluding carboxylic acids is 2. The van der Waals surface area contributed by atoms with Crippen LogP contribution in [0.4, 0.5) is 26.4 Å². The monoisotopic (exact) mass is 376 g/mol. The van der Waals surface area contributed by atoms with Crippen molar-refractivity contribution in [2.45, 2.75) is 0 Å². The first-order chi connectivity index (χ1) is 13.6. The molecule has 0 radical (unpaired) electrons. The lowest BCUT2D eigenvalue weighted by atomic mass is 10.2. The number of rotatable bonds is 4. The fraction of sp³-hybridized carbons (Fsp3) is 0.0952. The zero-order valence-electron chi connectivity index (χ0n) is 14.9. The minimum Gasteiger partial charge on any atom is -0.320 e. The van der Waals surface area contributed by atoms with Crippen molar-refractivity contribution in [1.82, 2.24) is 4.98 Å². The summed E-state index contributed by atoms with van der Waals surface area (Å²) in [5.74, 6) is -0.652. The number of amides is 3. The molecule has 0 saturated carbocycles. The molecule has 1 saturated heterocycles. The van der Waals surface area contributed by atoms with Crippen LogP contribution in [0, 0.1) is 5.82 Å². The van der Waals surface area contributed by atoms with Crippen LogP contribution >= 0.6 is 0 Å². The third-order valence-electron chi connectivity index (χ3n) is 4.48.